The lowest BCUT2D eigenvalue weighted by Gasteiger charge is -2.17. The van der Waals surface area contributed by atoms with Crippen LogP contribution in [0, 0.1) is 10.1 Å². The number of nitro groups is 1. The lowest BCUT2D eigenvalue weighted by atomic mass is 10.1. The van der Waals surface area contributed by atoms with Gasteiger partial charge in [-0.2, -0.15) is 0 Å². The minimum Gasteiger partial charge on any atom is -0.493 e. The second-order valence-electron chi connectivity index (χ2n) is 6.93. The first-order valence-electron chi connectivity index (χ1n) is 10.0. The highest BCUT2D eigenvalue weighted by atomic mass is 32.2. The SMILES string of the molecule is CCCOc1c(OC)cc([C@@H]2SC[C@@H](c3cc(OC)c(OC)c(OC)c3)S2)cc1[N+](=O)[O-]. The Morgan fingerprint density at radius 3 is 2.06 bits per heavy atom. The highest BCUT2D eigenvalue weighted by Crippen LogP contribution is 2.58. The van der Waals surface area contributed by atoms with Gasteiger partial charge in [0.05, 0.1) is 44.6 Å². The summed E-state index contributed by atoms with van der Waals surface area (Å²) in [5, 5.41) is 11.9. The third kappa shape index (κ3) is 4.96. The molecule has 8 nitrogen and oxygen atoms in total. The average molecular weight is 482 g/mol. The molecule has 1 aliphatic heterocycles. The Bertz CT molecular complexity index is 945. The van der Waals surface area contributed by atoms with E-state index in [2.05, 4.69) is 0 Å². The third-order valence-corrected chi connectivity index (χ3v) is 8.28. The van der Waals surface area contributed by atoms with Crippen LogP contribution in [0.25, 0.3) is 0 Å². The molecule has 174 valence electrons. The minimum absolute atomic E-state index is 0.00640. The van der Waals surface area contributed by atoms with E-state index in [1.807, 2.05) is 25.1 Å². The molecule has 0 amide bonds. The molecule has 0 bridgehead atoms. The Labute approximate surface area is 196 Å². The summed E-state index contributed by atoms with van der Waals surface area (Å²) in [5.41, 5.74) is 1.79. The minimum atomic E-state index is -0.419. The molecule has 1 aliphatic rings. The molecule has 1 fully saturated rings. The van der Waals surface area contributed by atoms with Gasteiger partial charge in [-0.1, -0.05) is 6.92 Å². The fourth-order valence-corrected chi connectivity index (χ4v) is 6.68. The molecule has 0 aliphatic carbocycles. The molecule has 2 aromatic carbocycles. The summed E-state index contributed by atoms with van der Waals surface area (Å²) in [6.45, 7) is 2.33. The summed E-state index contributed by atoms with van der Waals surface area (Å²) in [6.07, 6.45) is 0.743. The number of thioether (sulfide) groups is 2. The molecule has 0 unspecified atom stereocenters. The van der Waals surface area contributed by atoms with Crippen LogP contribution in [0.1, 0.15) is 34.3 Å². The van der Waals surface area contributed by atoms with Crippen LogP contribution in [0.4, 0.5) is 5.69 Å². The Balaban J connectivity index is 1.91. The van der Waals surface area contributed by atoms with Crippen molar-refractivity contribution in [3.63, 3.8) is 0 Å². The first-order chi connectivity index (χ1) is 15.5. The van der Waals surface area contributed by atoms with Crippen LogP contribution in [0.5, 0.6) is 28.7 Å². The molecule has 3 rings (SSSR count). The summed E-state index contributed by atoms with van der Waals surface area (Å²) in [7, 11) is 6.25. The number of nitrogens with zero attached hydrogens (tertiary/aromatic N) is 1. The van der Waals surface area contributed by atoms with E-state index in [4.69, 9.17) is 23.7 Å². The van der Waals surface area contributed by atoms with Crippen molar-refractivity contribution in [1.82, 2.24) is 0 Å². The van der Waals surface area contributed by atoms with E-state index < -0.39 is 4.92 Å². The molecule has 1 saturated heterocycles. The summed E-state index contributed by atoms with van der Waals surface area (Å²) in [5.74, 6) is 3.14. The fourth-order valence-electron chi connectivity index (χ4n) is 3.42. The van der Waals surface area contributed by atoms with Gasteiger partial charge in [-0.3, -0.25) is 10.1 Å². The number of rotatable bonds is 10. The zero-order valence-electron chi connectivity index (χ0n) is 18.7. The van der Waals surface area contributed by atoms with Crippen molar-refractivity contribution in [3.8, 4) is 28.7 Å². The Kier molecular flexibility index (Phi) is 8.25. The third-order valence-electron chi connectivity index (χ3n) is 4.94. The summed E-state index contributed by atoms with van der Waals surface area (Å²) in [6, 6.07) is 7.33. The molecule has 0 N–H and O–H groups in total. The molecular weight excluding hydrogens is 454 g/mol. The van der Waals surface area contributed by atoms with Gasteiger partial charge in [-0.15, -0.1) is 23.5 Å². The van der Waals surface area contributed by atoms with Gasteiger partial charge >= 0.3 is 5.69 Å². The fraction of sp³-hybridized carbons (Fsp3) is 0.455. The first-order valence-corrected chi connectivity index (χ1v) is 12.0. The Morgan fingerprint density at radius 1 is 0.938 bits per heavy atom. The van der Waals surface area contributed by atoms with E-state index in [-0.39, 0.29) is 21.3 Å². The van der Waals surface area contributed by atoms with E-state index >= 15 is 0 Å². The number of ether oxygens (including phenoxy) is 5. The quantitative estimate of drug-likeness (QED) is 0.316. The predicted molar refractivity (Wildman–Crippen MR) is 127 cm³/mol. The lowest BCUT2D eigenvalue weighted by molar-refractivity contribution is -0.386. The highest BCUT2D eigenvalue weighted by Gasteiger charge is 2.33. The maximum absolute atomic E-state index is 11.7. The van der Waals surface area contributed by atoms with Gasteiger partial charge < -0.3 is 23.7 Å². The number of nitro benzene ring substituents is 1. The molecule has 0 saturated carbocycles. The van der Waals surface area contributed by atoms with Crippen LogP contribution in [0.3, 0.4) is 0 Å². The zero-order chi connectivity index (χ0) is 23.3. The van der Waals surface area contributed by atoms with E-state index in [1.165, 1.54) is 7.11 Å². The number of hydrogen-bond acceptors (Lipinski definition) is 9. The van der Waals surface area contributed by atoms with E-state index in [1.54, 1.807) is 50.9 Å². The van der Waals surface area contributed by atoms with Gasteiger partial charge in [-0.05, 0) is 35.7 Å². The van der Waals surface area contributed by atoms with E-state index in [0.29, 0.717) is 29.6 Å². The number of benzene rings is 2. The van der Waals surface area contributed by atoms with E-state index in [0.717, 1.165) is 23.3 Å². The van der Waals surface area contributed by atoms with Crippen molar-refractivity contribution in [2.45, 2.75) is 23.2 Å². The molecule has 2 aromatic rings. The zero-order valence-corrected chi connectivity index (χ0v) is 20.3. The van der Waals surface area contributed by atoms with Crippen LogP contribution < -0.4 is 23.7 Å². The smallest absolute Gasteiger partial charge is 0.315 e. The van der Waals surface area contributed by atoms with Gasteiger partial charge in [0, 0.05) is 17.1 Å². The topological polar surface area (TPSA) is 89.3 Å². The average Bonchev–Trinajstić information content (AvgIpc) is 3.31. The van der Waals surface area contributed by atoms with Crippen molar-refractivity contribution in [3.05, 3.63) is 45.5 Å². The number of methoxy groups -OCH3 is 4. The maximum atomic E-state index is 11.7. The van der Waals surface area contributed by atoms with Crippen molar-refractivity contribution in [2.75, 3.05) is 40.8 Å². The van der Waals surface area contributed by atoms with Crippen molar-refractivity contribution >= 4 is 29.2 Å². The standard InChI is InChI=1S/C22H27NO7S2/c1-6-7-30-20-15(23(24)25)8-14(11-16(20)26-2)22-31-12-19(32-22)13-9-17(27-3)21(29-5)18(10-13)28-4/h8-11,19,22H,6-7,12H2,1-5H3/t19-,22+/m0/s1. The molecule has 10 heteroatoms. The van der Waals surface area contributed by atoms with Gasteiger partial charge in [0.15, 0.2) is 17.2 Å². The summed E-state index contributed by atoms with van der Waals surface area (Å²) >= 11 is 3.45. The molecule has 0 radical (unpaired) electrons. The van der Waals surface area contributed by atoms with Crippen LogP contribution in [0.2, 0.25) is 0 Å². The van der Waals surface area contributed by atoms with Gasteiger partial charge in [0.2, 0.25) is 11.5 Å². The van der Waals surface area contributed by atoms with Crippen LogP contribution in [-0.2, 0) is 0 Å². The van der Waals surface area contributed by atoms with Crippen molar-refractivity contribution in [2.24, 2.45) is 0 Å². The second kappa shape index (κ2) is 10.9. The summed E-state index contributed by atoms with van der Waals surface area (Å²) < 4.78 is 27.5. The Hall–Kier alpha value is -2.46. The monoisotopic (exact) mass is 481 g/mol. The van der Waals surface area contributed by atoms with Crippen LogP contribution in [0.15, 0.2) is 24.3 Å². The van der Waals surface area contributed by atoms with Crippen LogP contribution >= 0.6 is 23.5 Å². The molecule has 32 heavy (non-hydrogen) atoms. The molecule has 0 spiro atoms. The first kappa shape index (κ1) is 24.2. The lowest BCUT2D eigenvalue weighted by Crippen LogP contribution is -2.03. The van der Waals surface area contributed by atoms with Gasteiger partial charge in [-0.25, -0.2) is 0 Å². The largest absolute Gasteiger partial charge is 0.493 e. The highest BCUT2D eigenvalue weighted by molar-refractivity contribution is 8.19. The molecule has 1 heterocycles. The van der Waals surface area contributed by atoms with Gasteiger partial charge in [0.1, 0.15) is 0 Å². The maximum Gasteiger partial charge on any atom is 0.315 e. The molecule has 2 atom stereocenters. The Morgan fingerprint density at radius 2 is 1.53 bits per heavy atom. The molecule has 0 aromatic heterocycles. The van der Waals surface area contributed by atoms with Crippen molar-refractivity contribution < 1.29 is 28.6 Å². The van der Waals surface area contributed by atoms with Gasteiger partial charge in [0.25, 0.3) is 0 Å². The normalized spacial score (nSPS) is 17.7. The predicted octanol–water partition coefficient (Wildman–Crippen LogP) is 5.64. The van der Waals surface area contributed by atoms with Crippen LogP contribution in [-0.4, -0.2) is 45.7 Å². The van der Waals surface area contributed by atoms with E-state index in [9.17, 15) is 10.1 Å². The summed E-state index contributed by atoms with van der Waals surface area (Å²) in [4.78, 5) is 11.3. The second-order valence-corrected chi connectivity index (χ2v) is 9.67. The molecular formula is C22H27NO7S2. The number of hydrogen-bond donors (Lipinski definition) is 0. The van der Waals surface area contributed by atoms with Crippen molar-refractivity contribution in [1.29, 1.82) is 0 Å².